The molecule has 0 aromatic carbocycles. The lowest BCUT2D eigenvalue weighted by Gasteiger charge is -2.18. The average Bonchev–Trinajstić information content (AvgIpc) is 2.88. The molecule has 1 aromatic heterocycles. The van der Waals surface area contributed by atoms with Crippen molar-refractivity contribution in [1.29, 1.82) is 0 Å². The van der Waals surface area contributed by atoms with Crippen LogP contribution in [-0.4, -0.2) is 60.4 Å². The number of aryl methyl sites for hydroxylation is 2. The van der Waals surface area contributed by atoms with Gasteiger partial charge in [-0.25, -0.2) is 4.79 Å². The van der Waals surface area contributed by atoms with Crippen molar-refractivity contribution in [2.45, 2.75) is 19.1 Å². The molecule has 1 aliphatic heterocycles. The third kappa shape index (κ3) is 2.31. The third-order valence-corrected chi connectivity index (χ3v) is 3.53. The molecule has 1 fully saturated rings. The number of methoxy groups -OCH3 is 2. The van der Waals surface area contributed by atoms with Crippen molar-refractivity contribution in [2.75, 3.05) is 32.2 Å². The molecule has 19 heavy (non-hydrogen) atoms. The van der Waals surface area contributed by atoms with Gasteiger partial charge in [0.15, 0.2) is 0 Å². The number of aromatic carboxylic acids is 1. The van der Waals surface area contributed by atoms with Crippen LogP contribution < -0.4 is 4.90 Å². The Balaban J connectivity index is 2.36. The first-order valence-corrected chi connectivity index (χ1v) is 6.07. The van der Waals surface area contributed by atoms with Crippen LogP contribution in [0, 0.1) is 6.92 Å². The zero-order chi connectivity index (χ0) is 14.2. The summed E-state index contributed by atoms with van der Waals surface area (Å²) in [6.07, 6.45) is -0.135. The molecule has 0 radical (unpaired) electrons. The largest absolute Gasteiger partial charge is 0.477 e. The molecule has 0 spiro atoms. The molecular formula is C12H19N3O4. The number of hydrogen-bond acceptors (Lipinski definition) is 5. The first kappa shape index (κ1) is 13.8. The fourth-order valence-corrected chi connectivity index (χ4v) is 2.63. The van der Waals surface area contributed by atoms with Crippen LogP contribution in [-0.2, 0) is 16.5 Å². The van der Waals surface area contributed by atoms with Crippen LogP contribution in [0.25, 0.3) is 0 Å². The van der Waals surface area contributed by atoms with Crippen molar-refractivity contribution in [2.24, 2.45) is 7.05 Å². The fraction of sp³-hybridized carbons (Fsp3) is 0.667. The number of carboxylic acid groups (broad SMARTS) is 1. The molecule has 7 heteroatoms. The highest BCUT2D eigenvalue weighted by atomic mass is 16.5. The van der Waals surface area contributed by atoms with Crippen LogP contribution in [0.15, 0.2) is 0 Å². The quantitative estimate of drug-likeness (QED) is 0.846. The lowest BCUT2D eigenvalue weighted by atomic mass is 10.2. The summed E-state index contributed by atoms with van der Waals surface area (Å²) in [6, 6.07) is 0. The molecule has 2 unspecified atom stereocenters. The molecule has 0 saturated carbocycles. The Kier molecular flexibility index (Phi) is 3.77. The summed E-state index contributed by atoms with van der Waals surface area (Å²) >= 11 is 0. The molecular weight excluding hydrogens is 250 g/mol. The van der Waals surface area contributed by atoms with E-state index < -0.39 is 5.97 Å². The Bertz CT molecular complexity index is 474. The molecule has 1 saturated heterocycles. The number of hydrogen-bond donors (Lipinski definition) is 1. The molecule has 2 rings (SSSR count). The van der Waals surface area contributed by atoms with Crippen molar-refractivity contribution >= 4 is 11.8 Å². The van der Waals surface area contributed by atoms with Crippen LogP contribution >= 0.6 is 0 Å². The Morgan fingerprint density at radius 2 is 1.84 bits per heavy atom. The molecule has 1 N–H and O–H groups in total. The number of carboxylic acids is 1. The van der Waals surface area contributed by atoms with Crippen LogP contribution in [0.1, 0.15) is 16.1 Å². The highest BCUT2D eigenvalue weighted by Crippen LogP contribution is 2.28. The van der Waals surface area contributed by atoms with Crippen molar-refractivity contribution in [3.05, 3.63) is 11.3 Å². The second-order valence-corrected chi connectivity index (χ2v) is 4.67. The van der Waals surface area contributed by atoms with Crippen molar-refractivity contribution in [1.82, 2.24) is 9.78 Å². The Hall–Kier alpha value is -1.60. The van der Waals surface area contributed by atoms with E-state index in [1.54, 1.807) is 32.9 Å². The van der Waals surface area contributed by atoms with Gasteiger partial charge in [-0.05, 0) is 6.92 Å². The lowest BCUT2D eigenvalue weighted by Crippen LogP contribution is -2.27. The van der Waals surface area contributed by atoms with Gasteiger partial charge >= 0.3 is 5.97 Å². The lowest BCUT2D eigenvalue weighted by molar-refractivity contribution is -0.00461. The molecule has 106 valence electrons. The number of aromatic nitrogens is 2. The number of carbonyl (C=O) groups is 1. The minimum atomic E-state index is -0.963. The highest BCUT2D eigenvalue weighted by Gasteiger charge is 2.36. The van der Waals surface area contributed by atoms with Crippen LogP contribution in [0.2, 0.25) is 0 Å². The smallest absolute Gasteiger partial charge is 0.341 e. The minimum absolute atomic E-state index is 0.0677. The van der Waals surface area contributed by atoms with E-state index in [0.29, 0.717) is 24.6 Å². The van der Waals surface area contributed by atoms with E-state index >= 15 is 0 Å². The number of ether oxygens (including phenoxy) is 2. The van der Waals surface area contributed by atoms with Crippen LogP contribution in [0.3, 0.4) is 0 Å². The highest BCUT2D eigenvalue weighted by molar-refractivity contribution is 5.95. The van der Waals surface area contributed by atoms with Crippen molar-refractivity contribution in [3.63, 3.8) is 0 Å². The van der Waals surface area contributed by atoms with Crippen LogP contribution in [0.4, 0.5) is 5.82 Å². The molecule has 2 atom stereocenters. The Morgan fingerprint density at radius 3 is 2.26 bits per heavy atom. The van der Waals surface area contributed by atoms with E-state index in [-0.39, 0.29) is 17.8 Å². The molecule has 0 bridgehead atoms. The van der Waals surface area contributed by atoms with Crippen LogP contribution in [0.5, 0.6) is 0 Å². The van der Waals surface area contributed by atoms with Gasteiger partial charge in [-0.2, -0.15) is 5.10 Å². The predicted molar refractivity (Wildman–Crippen MR) is 68.7 cm³/mol. The normalized spacial score (nSPS) is 23.1. The summed E-state index contributed by atoms with van der Waals surface area (Å²) in [7, 11) is 5.01. The Morgan fingerprint density at radius 1 is 1.32 bits per heavy atom. The second kappa shape index (κ2) is 5.18. The number of rotatable bonds is 4. The fourth-order valence-electron chi connectivity index (χ4n) is 2.63. The first-order valence-electron chi connectivity index (χ1n) is 6.07. The number of nitrogens with zero attached hydrogens (tertiary/aromatic N) is 3. The maximum Gasteiger partial charge on any atom is 0.341 e. The molecule has 7 nitrogen and oxygen atoms in total. The summed E-state index contributed by atoms with van der Waals surface area (Å²) in [4.78, 5) is 13.3. The van der Waals surface area contributed by atoms with Gasteiger partial charge in [0.1, 0.15) is 23.6 Å². The van der Waals surface area contributed by atoms with Gasteiger partial charge in [-0.1, -0.05) is 0 Å². The first-order chi connectivity index (χ1) is 8.99. The molecule has 1 aromatic rings. The predicted octanol–water partition coefficient (Wildman–Crippen LogP) is 0.277. The summed E-state index contributed by atoms with van der Waals surface area (Å²) in [5, 5.41) is 13.5. The van der Waals surface area contributed by atoms with E-state index in [0.717, 1.165) is 0 Å². The average molecular weight is 269 g/mol. The third-order valence-electron chi connectivity index (χ3n) is 3.53. The zero-order valence-electron chi connectivity index (χ0n) is 11.6. The Labute approximate surface area is 111 Å². The summed E-state index contributed by atoms with van der Waals surface area (Å²) in [6.45, 7) is 2.88. The zero-order valence-corrected chi connectivity index (χ0v) is 11.6. The maximum atomic E-state index is 11.4. The summed E-state index contributed by atoms with van der Waals surface area (Å²) in [5.74, 6) is -0.359. The standard InChI is InChI=1S/C12H19N3O4/c1-7-10(12(16)17)11(14(2)13-7)15-5-8(18-3)9(6-15)19-4/h8-9H,5-6H2,1-4H3,(H,16,17). The summed E-state index contributed by atoms with van der Waals surface area (Å²) < 4.78 is 12.3. The van der Waals surface area contributed by atoms with E-state index in [4.69, 9.17) is 9.47 Å². The van der Waals surface area contributed by atoms with Crippen molar-refractivity contribution < 1.29 is 19.4 Å². The minimum Gasteiger partial charge on any atom is -0.477 e. The van der Waals surface area contributed by atoms with Gasteiger partial charge in [-0.3, -0.25) is 4.68 Å². The van der Waals surface area contributed by atoms with Gasteiger partial charge in [0.25, 0.3) is 0 Å². The van der Waals surface area contributed by atoms with E-state index in [9.17, 15) is 9.90 Å². The molecule has 1 aliphatic rings. The van der Waals surface area contributed by atoms with Gasteiger partial charge in [0.05, 0.1) is 5.69 Å². The SMILES string of the molecule is COC1CN(c2c(C(=O)O)c(C)nn2C)CC1OC. The summed E-state index contributed by atoms with van der Waals surface area (Å²) in [5.41, 5.74) is 0.758. The van der Waals surface area contributed by atoms with E-state index in [2.05, 4.69) is 5.10 Å². The monoisotopic (exact) mass is 269 g/mol. The van der Waals surface area contributed by atoms with E-state index in [1.807, 2.05) is 4.90 Å². The molecule has 0 aliphatic carbocycles. The van der Waals surface area contributed by atoms with Gasteiger partial charge < -0.3 is 19.5 Å². The molecule has 2 heterocycles. The van der Waals surface area contributed by atoms with Gasteiger partial charge in [-0.15, -0.1) is 0 Å². The topological polar surface area (TPSA) is 76.8 Å². The number of anilines is 1. The maximum absolute atomic E-state index is 11.4. The molecule has 0 amide bonds. The second-order valence-electron chi connectivity index (χ2n) is 4.67. The van der Waals surface area contributed by atoms with Gasteiger partial charge in [0.2, 0.25) is 0 Å². The van der Waals surface area contributed by atoms with Gasteiger partial charge in [0, 0.05) is 34.4 Å². The van der Waals surface area contributed by atoms with Crippen molar-refractivity contribution in [3.8, 4) is 0 Å². The van der Waals surface area contributed by atoms with E-state index in [1.165, 1.54) is 0 Å².